The molecule has 0 bridgehead atoms. The molecule has 0 atom stereocenters. The van der Waals surface area contributed by atoms with E-state index in [1.807, 2.05) is 48.5 Å². The molecule has 1 heterocycles. The van der Waals surface area contributed by atoms with Crippen molar-refractivity contribution in [1.29, 1.82) is 0 Å². The lowest BCUT2D eigenvalue weighted by molar-refractivity contribution is 0.281. The molecule has 4 rings (SSSR count). The molecule has 1 aromatic heterocycles. The first-order valence-corrected chi connectivity index (χ1v) is 9.33. The third kappa shape index (κ3) is 3.69. The number of hydrogen-bond acceptors (Lipinski definition) is 4. The Kier molecular flexibility index (Phi) is 5.23. The number of nitrogens with zero attached hydrogens (tertiary/aromatic N) is 1. The fourth-order valence-electron chi connectivity index (χ4n) is 2.90. The van der Waals surface area contributed by atoms with Gasteiger partial charge in [-0.15, -0.1) is 0 Å². The van der Waals surface area contributed by atoms with Crippen LogP contribution < -0.4 is 4.74 Å². The van der Waals surface area contributed by atoms with Crippen LogP contribution in [0.1, 0.15) is 5.56 Å². The zero-order valence-electron chi connectivity index (χ0n) is 14.6. The number of aromatic nitrogens is 1. The van der Waals surface area contributed by atoms with Gasteiger partial charge in [0.2, 0.25) is 0 Å². The number of hydrogen-bond donors (Lipinski definition) is 1. The third-order valence-corrected chi connectivity index (χ3v) is 4.70. The van der Waals surface area contributed by atoms with E-state index in [1.165, 1.54) is 6.07 Å². The predicted molar refractivity (Wildman–Crippen MR) is 107 cm³/mol. The Balaban J connectivity index is 1.72. The fraction of sp³-hybridized carbons (Fsp3) is 0.0455. The summed E-state index contributed by atoms with van der Waals surface area (Å²) in [4.78, 5) is 0. The highest BCUT2D eigenvalue weighted by atomic mass is 79.9. The van der Waals surface area contributed by atoms with Gasteiger partial charge in [-0.3, -0.25) is 0 Å². The van der Waals surface area contributed by atoms with Crippen LogP contribution in [-0.2, 0) is 6.61 Å². The van der Waals surface area contributed by atoms with Gasteiger partial charge < -0.3 is 14.4 Å². The van der Waals surface area contributed by atoms with Crippen LogP contribution in [-0.4, -0.2) is 10.3 Å². The number of halogens is 2. The Morgan fingerprint density at radius 2 is 1.75 bits per heavy atom. The van der Waals surface area contributed by atoms with Crippen LogP contribution in [0.3, 0.4) is 0 Å². The van der Waals surface area contributed by atoms with E-state index >= 15 is 0 Å². The molecule has 0 fully saturated rings. The van der Waals surface area contributed by atoms with Gasteiger partial charge in [-0.25, -0.2) is 4.39 Å². The Bertz CT molecular complexity index is 1110. The molecule has 0 unspecified atom stereocenters. The van der Waals surface area contributed by atoms with Crippen molar-refractivity contribution in [2.24, 2.45) is 0 Å². The van der Waals surface area contributed by atoms with Crippen LogP contribution in [0.4, 0.5) is 4.39 Å². The second-order valence-electron chi connectivity index (χ2n) is 6.06. The zero-order valence-corrected chi connectivity index (χ0v) is 16.2. The van der Waals surface area contributed by atoms with Crippen molar-refractivity contribution in [3.05, 3.63) is 88.6 Å². The summed E-state index contributed by atoms with van der Waals surface area (Å²) < 4.78 is 26.2. The van der Waals surface area contributed by atoms with E-state index in [2.05, 4.69) is 21.1 Å². The van der Waals surface area contributed by atoms with Gasteiger partial charge in [-0.05, 0) is 42.5 Å². The zero-order chi connectivity index (χ0) is 19.5. The topological polar surface area (TPSA) is 55.5 Å². The first-order chi connectivity index (χ1) is 13.7. The molecule has 0 spiro atoms. The van der Waals surface area contributed by atoms with Gasteiger partial charge in [0.1, 0.15) is 23.0 Å². The summed E-state index contributed by atoms with van der Waals surface area (Å²) in [5.74, 6) is 1.07. The molecule has 4 aromatic rings. The summed E-state index contributed by atoms with van der Waals surface area (Å²) in [5.41, 5.74) is 1.80. The van der Waals surface area contributed by atoms with Crippen molar-refractivity contribution in [1.82, 2.24) is 5.16 Å². The van der Waals surface area contributed by atoms with Gasteiger partial charge in [-0.1, -0.05) is 51.4 Å². The largest absolute Gasteiger partial charge is 0.457 e. The van der Waals surface area contributed by atoms with Crippen LogP contribution >= 0.6 is 15.9 Å². The Labute approximate surface area is 169 Å². The smallest absolute Gasteiger partial charge is 0.175 e. The first kappa shape index (κ1) is 18.4. The molecular formula is C22H15BrFNO3. The van der Waals surface area contributed by atoms with Crippen molar-refractivity contribution < 1.29 is 18.8 Å². The molecule has 0 aliphatic heterocycles. The maximum Gasteiger partial charge on any atom is 0.175 e. The standard InChI is InChI=1S/C22H15BrFNO3/c23-15-9-10-18(20(24)12-15)22-19(13-26)21(25-28-22)14-5-4-8-17(11-14)27-16-6-2-1-3-7-16/h1-12,26H,13H2. The Morgan fingerprint density at radius 3 is 2.50 bits per heavy atom. The Morgan fingerprint density at radius 1 is 0.964 bits per heavy atom. The molecule has 3 aromatic carbocycles. The summed E-state index contributed by atoms with van der Waals surface area (Å²) >= 11 is 3.23. The molecule has 0 aliphatic rings. The molecule has 1 N–H and O–H groups in total. The number of aliphatic hydroxyl groups is 1. The lowest BCUT2D eigenvalue weighted by Gasteiger charge is -2.07. The molecule has 0 amide bonds. The molecular weight excluding hydrogens is 425 g/mol. The summed E-state index contributed by atoms with van der Waals surface area (Å²) in [6.45, 7) is -0.340. The lowest BCUT2D eigenvalue weighted by Crippen LogP contribution is -1.92. The fourth-order valence-corrected chi connectivity index (χ4v) is 3.23. The van der Waals surface area contributed by atoms with Crippen LogP contribution in [0.2, 0.25) is 0 Å². The monoisotopic (exact) mass is 439 g/mol. The maximum absolute atomic E-state index is 14.4. The third-order valence-electron chi connectivity index (χ3n) is 4.21. The van der Waals surface area contributed by atoms with Crippen LogP contribution in [0, 0.1) is 5.82 Å². The van der Waals surface area contributed by atoms with E-state index in [1.54, 1.807) is 18.2 Å². The predicted octanol–water partition coefficient (Wildman–Crippen LogP) is 6.19. The van der Waals surface area contributed by atoms with Gasteiger partial charge in [0.25, 0.3) is 0 Å². The quantitative estimate of drug-likeness (QED) is 0.402. The van der Waals surface area contributed by atoms with Crippen molar-refractivity contribution in [3.63, 3.8) is 0 Å². The van der Waals surface area contributed by atoms with Gasteiger partial charge >= 0.3 is 0 Å². The second-order valence-corrected chi connectivity index (χ2v) is 6.98. The highest BCUT2D eigenvalue weighted by Gasteiger charge is 2.21. The number of benzene rings is 3. The average Bonchev–Trinajstić information content (AvgIpc) is 3.13. The lowest BCUT2D eigenvalue weighted by atomic mass is 10.0. The molecule has 140 valence electrons. The molecule has 0 saturated carbocycles. The summed E-state index contributed by atoms with van der Waals surface area (Å²) in [6, 6.07) is 21.3. The summed E-state index contributed by atoms with van der Waals surface area (Å²) in [6.07, 6.45) is 0. The minimum Gasteiger partial charge on any atom is -0.457 e. The van der Waals surface area contributed by atoms with E-state index in [4.69, 9.17) is 9.26 Å². The first-order valence-electron chi connectivity index (χ1n) is 8.54. The minimum atomic E-state index is -0.465. The minimum absolute atomic E-state index is 0.205. The van der Waals surface area contributed by atoms with E-state index in [0.29, 0.717) is 32.8 Å². The van der Waals surface area contributed by atoms with Crippen molar-refractivity contribution in [2.75, 3.05) is 0 Å². The van der Waals surface area contributed by atoms with E-state index in [-0.39, 0.29) is 17.9 Å². The maximum atomic E-state index is 14.4. The normalized spacial score (nSPS) is 10.8. The number of aliphatic hydroxyl groups excluding tert-OH is 1. The van der Waals surface area contributed by atoms with Crippen molar-refractivity contribution >= 4 is 15.9 Å². The highest BCUT2D eigenvalue weighted by molar-refractivity contribution is 9.10. The molecule has 4 nitrogen and oxygen atoms in total. The summed E-state index contributed by atoms with van der Waals surface area (Å²) in [7, 11) is 0. The average molecular weight is 440 g/mol. The molecule has 28 heavy (non-hydrogen) atoms. The van der Waals surface area contributed by atoms with E-state index in [9.17, 15) is 9.50 Å². The summed E-state index contributed by atoms with van der Waals surface area (Å²) in [5, 5.41) is 14.0. The Hall–Kier alpha value is -2.96. The van der Waals surface area contributed by atoms with Crippen molar-refractivity contribution in [2.45, 2.75) is 6.61 Å². The van der Waals surface area contributed by atoms with Gasteiger partial charge in [0.05, 0.1) is 17.7 Å². The van der Waals surface area contributed by atoms with Crippen LogP contribution in [0.25, 0.3) is 22.6 Å². The van der Waals surface area contributed by atoms with Crippen LogP contribution in [0.5, 0.6) is 11.5 Å². The second kappa shape index (κ2) is 7.96. The highest BCUT2D eigenvalue weighted by Crippen LogP contribution is 2.36. The molecule has 6 heteroatoms. The van der Waals surface area contributed by atoms with E-state index < -0.39 is 5.82 Å². The van der Waals surface area contributed by atoms with Gasteiger partial charge in [-0.2, -0.15) is 0 Å². The number of para-hydroxylation sites is 1. The molecule has 0 aliphatic carbocycles. The molecule has 0 radical (unpaired) electrons. The number of ether oxygens (including phenoxy) is 1. The molecule has 0 saturated heterocycles. The SMILES string of the molecule is OCc1c(-c2cccc(Oc3ccccc3)c2)noc1-c1ccc(Br)cc1F. The number of rotatable bonds is 5. The van der Waals surface area contributed by atoms with Crippen LogP contribution in [0.15, 0.2) is 81.8 Å². The van der Waals surface area contributed by atoms with Gasteiger partial charge in [0, 0.05) is 10.0 Å². The van der Waals surface area contributed by atoms with Gasteiger partial charge in [0.15, 0.2) is 5.76 Å². The van der Waals surface area contributed by atoms with E-state index in [0.717, 1.165) is 0 Å². The van der Waals surface area contributed by atoms with Crippen molar-refractivity contribution in [3.8, 4) is 34.1 Å².